The first-order valence-electron chi connectivity index (χ1n) is 7.64. The second kappa shape index (κ2) is 11.7. The maximum absolute atomic E-state index is 11.7. The predicted octanol–water partition coefficient (Wildman–Crippen LogP) is 2.15. The summed E-state index contributed by atoms with van der Waals surface area (Å²) in [5.74, 6) is 0.166. The quantitative estimate of drug-likeness (QED) is 0.479. The van der Waals surface area contributed by atoms with Crippen molar-refractivity contribution >= 4 is 11.9 Å². The number of nitrogens with two attached hydrogens (primary N) is 1. The Morgan fingerprint density at radius 2 is 1.80 bits per heavy atom. The molecule has 0 aromatic carbocycles. The van der Waals surface area contributed by atoms with E-state index in [4.69, 9.17) is 10.8 Å². The highest BCUT2D eigenvalue weighted by Crippen LogP contribution is 2.14. The lowest BCUT2D eigenvalue weighted by atomic mass is 9.94. The van der Waals surface area contributed by atoms with Crippen molar-refractivity contribution in [2.75, 3.05) is 13.1 Å². The Kier molecular flexibility index (Phi) is 11.1. The summed E-state index contributed by atoms with van der Waals surface area (Å²) < 4.78 is 0. The molecule has 1 amide bonds. The van der Waals surface area contributed by atoms with Crippen molar-refractivity contribution in [3.63, 3.8) is 0 Å². The number of carboxylic acids is 1. The summed E-state index contributed by atoms with van der Waals surface area (Å²) >= 11 is 0. The van der Waals surface area contributed by atoms with Gasteiger partial charge in [-0.15, -0.1) is 0 Å². The average Bonchev–Trinajstić information content (AvgIpc) is 2.35. The van der Waals surface area contributed by atoms with E-state index >= 15 is 0 Å². The van der Waals surface area contributed by atoms with Gasteiger partial charge < -0.3 is 16.2 Å². The first-order chi connectivity index (χ1) is 9.45. The van der Waals surface area contributed by atoms with E-state index in [-0.39, 0.29) is 18.2 Å². The third kappa shape index (κ3) is 12.0. The van der Waals surface area contributed by atoms with Gasteiger partial charge in [-0.25, -0.2) is 0 Å². The Bertz CT molecular complexity index is 280. The van der Waals surface area contributed by atoms with Crippen LogP contribution in [0.3, 0.4) is 0 Å². The number of hydrogen-bond acceptors (Lipinski definition) is 3. The minimum atomic E-state index is -0.740. The zero-order valence-electron chi connectivity index (χ0n) is 12.9. The van der Waals surface area contributed by atoms with Crippen LogP contribution in [0.1, 0.15) is 58.8 Å². The van der Waals surface area contributed by atoms with E-state index in [1.807, 2.05) is 0 Å². The molecule has 0 saturated heterocycles. The van der Waals surface area contributed by atoms with Crippen LogP contribution in [0, 0.1) is 11.8 Å². The second-order valence-corrected chi connectivity index (χ2v) is 5.84. The van der Waals surface area contributed by atoms with Gasteiger partial charge in [-0.3, -0.25) is 9.59 Å². The zero-order chi connectivity index (χ0) is 15.4. The monoisotopic (exact) mass is 286 g/mol. The number of carbonyl (C=O) groups is 2. The summed E-state index contributed by atoms with van der Waals surface area (Å²) in [4.78, 5) is 22.0. The first kappa shape index (κ1) is 18.9. The molecule has 0 aromatic rings. The smallest absolute Gasteiger partial charge is 0.303 e. The molecule has 0 bridgehead atoms. The third-order valence-electron chi connectivity index (χ3n) is 3.25. The molecule has 1 atom stereocenters. The summed E-state index contributed by atoms with van der Waals surface area (Å²) in [7, 11) is 0. The molecule has 5 nitrogen and oxygen atoms in total. The van der Waals surface area contributed by atoms with Crippen molar-refractivity contribution in [1.29, 1.82) is 0 Å². The first-order valence-corrected chi connectivity index (χ1v) is 7.64. The van der Waals surface area contributed by atoms with Crippen LogP contribution < -0.4 is 11.1 Å². The maximum Gasteiger partial charge on any atom is 0.303 e. The van der Waals surface area contributed by atoms with Gasteiger partial charge in [0.2, 0.25) is 5.91 Å². The average molecular weight is 286 g/mol. The standard InChI is InChI=1S/C15H30N2O3/c1-12(2)9-13(11-16)10-14(18)17-8-6-4-3-5-7-15(19)20/h12-13H,3-11,16H2,1-2H3,(H,17,18)(H,19,20)/t13-/m0/s1. The molecule has 118 valence electrons. The zero-order valence-corrected chi connectivity index (χ0v) is 12.9. The number of amides is 1. The highest BCUT2D eigenvalue weighted by Gasteiger charge is 2.13. The van der Waals surface area contributed by atoms with E-state index < -0.39 is 5.97 Å². The van der Waals surface area contributed by atoms with Crippen molar-refractivity contribution in [1.82, 2.24) is 5.32 Å². The minimum absolute atomic E-state index is 0.0756. The van der Waals surface area contributed by atoms with Crippen LogP contribution in [-0.4, -0.2) is 30.1 Å². The van der Waals surface area contributed by atoms with Gasteiger partial charge >= 0.3 is 5.97 Å². The van der Waals surface area contributed by atoms with E-state index in [9.17, 15) is 9.59 Å². The molecule has 0 heterocycles. The fraction of sp³-hybridized carbons (Fsp3) is 0.867. The number of carboxylic acid groups (broad SMARTS) is 1. The van der Waals surface area contributed by atoms with Crippen LogP contribution in [0.5, 0.6) is 0 Å². The summed E-state index contributed by atoms with van der Waals surface area (Å²) in [6.07, 6.45) is 5.21. The van der Waals surface area contributed by atoms with Crippen molar-refractivity contribution < 1.29 is 14.7 Å². The molecule has 0 fully saturated rings. The lowest BCUT2D eigenvalue weighted by Crippen LogP contribution is -2.29. The van der Waals surface area contributed by atoms with Crippen molar-refractivity contribution in [3.05, 3.63) is 0 Å². The Balaban J connectivity index is 3.55. The molecule has 0 aliphatic carbocycles. The van der Waals surface area contributed by atoms with Crippen LogP contribution in [0.25, 0.3) is 0 Å². The van der Waals surface area contributed by atoms with Gasteiger partial charge in [-0.2, -0.15) is 0 Å². The van der Waals surface area contributed by atoms with Gasteiger partial charge in [0.25, 0.3) is 0 Å². The Labute approximate surface area is 122 Å². The van der Waals surface area contributed by atoms with Crippen molar-refractivity contribution in [2.24, 2.45) is 17.6 Å². The molecule has 0 unspecified atom stereocenters. The fourth-order valence-corrected chi connectivity index (χ4v) is 2.25. The number of unbranched alkanes of at least 4 members (excludes halogenated alkanes) is 3. The van der Waals surface area contributed by atoms with Crippen molar-refractivity contribution in [3.8, 4) is 0 Å². The van der Waals surface area contributed by atoms with Crippen LogP contribution in [0.2, 0.25) is 0 Å². The minimum Gasteiger partial charge on any atom is -0.481 e. The number of nitrogens with one attached hydrogen (secondary N) is 1. The molecule has 0 aromatic heterocycles. The van der Waals surface area contributed by atoms with Gasteiger partial charge in [0.1, 0.15) is 0 Å². The Morgan fingerprint density at radius 3 is 2.35 bits per heavy atom. The number of carbonyl (C=O) groups excluding carboxylic acids is 1. The molecular weight excluding hydrogens is 256 g/mol. The molecule has 0 rings (SSSR count). The van der Waals surface area contributed by atoms with Gasteiger partial charge in [-0.05, 0) is 37.6 Å². The topological polar surface area (TPSA) is 92.4 Å². The summed E-state index contributed by atoms with van der Waals surface area (Å²) in [6.45, 7) is 5.50. The van der Waals surface area contributed by atoms with Crippen molar-refractivity contribution in [2.45, 2.75) is 58.8 Å². The predicted molar refractivity (Wildman–Crippen MR) is 80.3 cm³/mol. The summed E-state index contributed by atoms with van der Waals surface area (Å²) in [6, 6.07) is 0. The highest BCUT2D eigenvalue weighted by molar-refractivity contribution is 5.76. The molecule has 0 aliphatic heterocycles. The normalized spacial score (nSPS) is 12.4. The molecular formula is C15H30N2O3. The SMILES string of the molecule is CC(C)C[C@H](CN)CC(=O)NCCCCCCC(=O)O. The van der Waals surface area contributed by atoms with E-state index in [0.717, 1.165) is 25.7 Å². The highest BCUT2D eigenvalue weighted by atomic mass is 16.4. The fourth-order valence-electron chi connectivity index (χ4n) is 2.25. The van der Waals surface area contributed by atoms with Crippen LogP contribution in [-0.2, 0) is 9.59 Å². The third-order valence-corrected chi connectivity index (χ3v) is 3.25. The van der Waals surface area contributed by atoms with Gasteiger partial charge in [0, 0.05) is 19.4 Å². The van der Waals surface area contributed by atoms with Crippen LogP contribution in [0.4, 0.5) is 0 Å². The largest absolute Gasteiger partial charge is 0.481 e. The van der Waals surface area contributed by atoms with E-state index in [0.29, 0.717) is 31.8 Å². The van der Waals surface area contributed by atoms with E-state index in [1.54, 1.807) is 0 Å². The van der Waals surface area contributed by atoms with Gasteiger partial charge in [0.05, 0.1) is 0 Å². The molecule has 0 spiro atoms. The Hall–Kier alpha value is -1.10. The van der Waals surface area contributed by atoms with Crippen LogP contribution >= 0.6 is 0 Å². The molecule has 0 radical (unpaired) electrons. The molecule has 20 heavy (non-hydrogen) atoms. The van der Waals surface area contributed by atoms with E-state index in [2.05, 4.69) is 19.2 Å². The lowest BCUT2D eigenvalue weighted by molar-refractivity contribution is -0.137. The summed E-state index contributed by atoms with van der Waals surface area (Å²) in [5, 5.41) is 11.4. The van der Waals surface area contributed by atoms with Gasteiger partial charge in [0.15, 0.2) is 0 Å². The number of hydrogen-bond donors (Lipinski definition) is 3. The van der Waals surface area contributed by atoms with E-state index in [1.165, 1.54) is 0 Å². The number of aliphatic carboxylic acids is 1. The molecule has 0 saturated carbocycles. The van der Waals surface area contributed by atoms with Crippen LogP contribution in [0.15, 0.2) is 0 Å². The molecule has 4 N–H and O–H groups in total. The Morgan fingerprint density at radius 1 is 1.15 bits per heavy atom. The molecule has 0 aliphatic rings. The summed E-state index contributed by atoms with van der Waals surface area (Å²) in [5.41, 5.74) is 5.68. The maximum atomic E-state index is 11.7. The lowest BCUT2D eigenvalue weighted by Gasteiger charge is -2.16. The van der Waals surface area contributed by atoms with Gasteiger partial charge in [-0.1, -0.05) is 26.7 Å². The second-order valence-electron chi connectivity index (χ2n) is 5.84. The number of rotatable bonds is 12. The molecule has 5 heteroatoms.